The first kappa shape index (κ1) is 16.1. The van der Waals surface area contributed by atoms with Gasteiger partial charge >= 0.3 is 0 Å². The van der Waals surface area contributed by atoms with E-state index in [4.69, 9.17) is 21.6 Å². The fourth-order valence-electron chi connectivity index (χ4n) is 3.28. The van der Waals surface area contributed by atoms with Crippen molar-refractivity contribution in [2.24, 2.45) is 10.9 Å². The molecule has 3 rings (SSSR count). The van der Waals surface area contributed by atoms with Crippen LogP contribution in [-0.2, 0) is 4.74 Å². The first-order chi connectivity index (χ1) is 10.9. The van der Waals surface area contributed by atoms with Gasteiger partial charge in [-0.15, -0.1) is 0 Å². The highest BCUT2D eigenvalue weighted by molar-refractivity contribution is 6.32. The minimum absolute atomic E-state index is 0.0390. The molecule has 122 valence electrons. The summed E-state index contributed by atoms with van der Waals surface area (Å²) in [5.41, 5.74) is 1.88. The molecule has 23 heavy (non-hydrogen) atoms. The number of ether oxygens (including phenoxy) is 1. The Morgan fingerprint density at radius 3 is 2.87 bits per heavy atom. The summed E-state index contributed by atoms with van der Waals surface area (Å²) < 4.78 is 6.02. The van der Waals surface area contributed by atoms with Crippen LogP contribution in [0.1, 0.15) is 31.4 Å². The minimum atomic E-state index is -0.388. The van der Waals surface area contributed by atoms with Gasteiger partial charge in [-0.25, -0.2) is 0 Å². The third kappa shape index (κ3) is 2.66. The SMILES string of the molecule is Cc1c(N=C2O[C@H](C(C)C)[C@@H]3[C@H](O)CCN23)ccc(C#N)c1Cl. The average Bonchev–Trinajstić information content (AvgIpc) is 3.06. The fraction of sp³-hybridized carbons (Fsp3) is 0.529. The van der Waals surface area contributed by atoms with Crippen molar-refractivity contribution in [3.8, 4) is 6.07 Å². The zero-order valence-electron chi connectivity index (χ0n) is 13.5. The molecular formula is C17H20ClN3O2. The number of nitrogens with zero attached hydrogens (tertiary/aromatic N) is 3. The van der Waals surface area contributed by atoms with Crippen LogP contribution < -0.4 is 0 Å². The van der Waals surface area contributed by atoms with Crippen LogP contribution in [0.25, 0.3) is 0 Å². The molecule has 1 N–H and O–H groups in total. The molecule has 0 amide bonds. The Morgan fingerprint density at radius 2 is 2.22 bits per heavy atom. The average molecular weight is 334 g/mol. The summed E-state index contributed by atoms with van der Waals surface area (Å²) in [4.78, 5) is 6.66. The van der Waals surface area contributed by atoms with Crippen LogP contribution >= 0.6 is 11.6 Å². The second-order valence-electron chi connectivity index (χ2n) is 6.44. The lowest BCUT2D eigenvalue weighted by Crippen LogP contribution is -2.40. The number of hydrogen-bond donors (Lipinski definition) is 1. The highest BCUT2D eigenvalue weighted by Crippen LogP contribution is 2.36. The largest absolute Gasteiger partial charge is 0.459 e. The van der Waals surface area contributed by atoms with Gasteiger partial charge in [-0.3, -0.25) is 0 Å². The second-order valence-corrected chi connectivity index (χ2v) is 6.82. The smallest absolute Gasteiger partial charge is 0.293 e. The number of benzene rings is 1. The summed E-state index contributed by atoms with van der Waals surface area (Å²) in [6.45, 7) is 6.74. The third-order valence-corrected chi connectivity index (χ3v) is 5.08. The molecule has 3 atom stereocenters. The van der Waals surface area contributed by atoms with Gasteiger partial charge in [-0.05, 0) is 37.0 Å². The molecule has 2 saturated heterocycles. The van der Waals surface area contributed by atoms with Crippen molar-refractivity contribution < 1.29 is 9.84 Å². The molecule has 2 heterocycles. The molecule has 2 aliphatic rings. The van der Waals surface area contributed by atoms with E-state index in [-0.39, 0.29) is 24.2 Å². The lowest BCUT2D eigenvalue weighted by molar-refractivity contribution is 0.0672. The van der Waals surface area contributed by atoms with E-state index >= 15 is 0 Å². The van der Waals surface area contributed by atoms with Gasteiger partial charge in [-0.2, -0.15) is 10.3 Å². The lowest BCUT2D eigenvalue weighted by atomic mass is 9.97. The van der Waals surface area contributed by atoms with Gasteiger partial charge < -0.3 is 14.7 Å². The number of hydrogen-bond acceptors (Lipinski definition) is 4. The Kier molecular flexibility index (Phi) is 4.22. The van der Waals surface area contributed by atoms with Gasteiger partial charge in [0.05, 0.1) is 28.4 Å². The number of amidine groups is 1. The summed E-state index contributed by atoms with van der Waals surface area (Å²) in [5.74, 6) is 0.286. The first-order valence-electron chi connectivity index (χ1n) is 7.83. The highest BCUT2D eigenvalue weighted by Gasteiger charge is 2.49. The van der Waals surface area contributed by atoms with E-state index in [1.807, 2.05) is 11.8 Å². The van der Waals surface area contributed by atoms with Gasteiger partial charge in [-0.1, -0.05) is 25.4 Å². The van der Waals surface area contributed by atoms with Crippen molar-refractivity contribution in [3.05, 3.63) is 28.3 Å². The maximum atomic E-state index is 10.2. The van der Waals surface area contributed by atoms with Crippen LogP contribution in [0.4, 0.5) is 5.69 Å². The number of aliphatic hydroxyl groups is 1. The molecule has 0 radical (unpaired) electrons. The maximum Gasteiger partial charge on any atom is 0.293 e. The predicted octanol–water partition coefficient (Wildman–Crippen LogP) is 3.00. The molecular weight excluding hydrogens is 314 g/mol. The van der Waals surface area contributed by atoms with Gasteiger partial charge in [0.15, 0.2) is 0 Å². The summed E-state index contributed by atoms with van der Waals surface area (Å²) in [6, 6.07) is 6.01. The van der Waals surface area contributed by atoms with E-state index < -0.39 is 0 Å². The monoisotopic (exact) mass is 333 g/mol. The van der Waals surface area contributed by atoms with Crippen LogP contribution in [0, 0.1) is 24.2 Å². The summed E-state index contributed by atoms with van der Waals surface area (Å²) in [6.07, 6.45) is 0.268. The molecule has 0 saturated carbocycles. The van der Waals surface area contributed by atoms with Gasteiger partial charge in [0.25, 0.3) is 6.02 Å². The number of rotatable bonds is 2. The minimum Gasteiger partial charge on any atom is -0.459 e. The fourth-order valence-corrected chi connectivity index (χ4v) is 3.49. The van der Waals surface area contributed by atoms with E-state index in [9.17, 15) is 5.11 Å². The molecule has 1 aromatic rings. The summed E-state index contributed by atoms with van der Waals surface area (Å²) in [7, 11) is 0. The standard InChI is InChI=1S/C17H20ClN3O2/c1-9(2)16-15-13(22)6-7-21(15)17(23-16)20-12-5-4-11(8-19)14(18)10(12)3/h4-5,9,13,15-16,22H,6-7H2,1-3H3/t13-,15+,16-/m1/s1. The topological polar surface area (TPSA) is 68.8 Å². The van der Waals surface area contributed by atoms with Crippen LogP contribution in [-0.4, -0.2) is 40.8 Å². The third-order valence-electron chi connectivity index (χ3n) is 4.60. The molecule has 0 unspecified atom stereocenters. The van der Waals surface area contributed by atoms with E-state index in [0.29, 0.717) is 22.3 Å². The molecule has 0 bridgehead atoms. The molecule has 1 aromatic carbocycles. The first-order valence-corrected chi connectivity index (χ1v) is 8.21. The Morgan fingerprint density at radius 1 is 1.48 bits per heavy atom. The van der Waals surface area contributed by atoms with Crippen molar-refractivity contribution in [2.75, 3.05) is 6.54 Å². The molecule has 0 spiro atoms. The molecule has 0 aromatic heterocycles. The molecule has 2 aliphatic heterocycles. The van der Waals surface area contributed by atoms with Gasteiger partial charge in [0, 0.05) is 6.54 Å². The Bertz CT molecular complexity index is 696. The van der Waals surface area contributed by atoms with E-state index in [0.717, 1.165) is 18.5 Å². The summed E-state index contributed by atoms with van der Waals surface area (Å²) >= 11 is 6.21. The number of aliphatic imine (C=N–C) groups is 1. The van der Waals surface area contributed by atoms with E-state index in [1.165, 1.54) is 0 Å². The zero-order chi connectivity index (χ0) is 16.7. The number of halogens is 1. The molecule has 6 heteroatoms. The van der Waals surface area contributed by atoms with Gasteiger partial charge in [0.1, 0.15) is 12.2 Å². The quantitative estimate of drug-likeness (QED) is 0.903. The maximum absolute atomic E-state index is 10.2. The van der Waals surface area contributed by atoms with Crippen molar-refractivity contribution in [1.29, 1.82) is 5.26 Å². The van der Waals surface area contributed by atoms with Gasteiger partial charge in [0.2, 0.25) is 0 Å². The molecule has 5 nitrogen and oxygen atoms in total. The second kappa shape index (κ2) is 6.03. The van der Waals surface area contributed by atoms with Crippen molar-refractivity contribution in [1.82, 2.24) is 4.90 Å². The Hall–Kier alpha value is -1.77. The normalized spacial score (nSPS) is 28.1. The van der Waals surface area contributed by atoms with Crippen molar-refractivity contribution >= 4 is 23.3 Å². The van der Waals surface area contributed by atoms with Crippen molar-refractivity contribution in [2.45, 2.75) is 45.4 Å². The molecule has 2 fully saturated rings. The molecule has 0 aliphatic carbocycles. The zero-order valence-corrected chi connectivity index (χ0v) is 14.2. The number of nitriles is 1. The Balaban J connectivity index is 1.98. The van der Waals surface area contributed by atoms with Crippen LogP contribution in [0.2, 0.25) is 5.02 Å². The number of aliphatic hydroxyl groups excluding tert-OH is 1. The van der Waals surface area contributed by atoms with Crippen LogP contribution in [0.3, 0.4) is 0 Å². The number of fused-ring (bicyclic) bond motifs is 1. The van der Waals surface area contributed by atoms with E-state index in [2.05, 4.69) is 24.9 Å². The Labute approximate surface area is 141 Å². The highest BCUT2D eigenvalue weighted by atomic mass is 35.5. The van der Waals surface area contributed by atoms with Crippen LogP contribution in [0.15, 0.2) is 17.1 Å². The predicted molar refractivity (Wildman–Crippen MR) is 88.8 cm³/mol. The lowest BCUT2D eigenvalue weighted by Gasteiger charge is -2.22. The van der Waals surface area contributed by atoms with Crippen molar-refractivity contribution in [3.63, 3.8) is 0 Å². The summed E-state index contributed by atoms with van der Waals surface area (Å²) in [5, 5.41) is 19.7. The van der Waals surface area contributed by atoms with E-state index in [1.54, 1.807) is 12.1 Å². The van der Waals surface area contributed by atoms with Crippen LogP contribution in [0.5, 0.6) is 0 Å².